The van der Waals surface area contributed by atoms with Gasteiger partial charge >= 0.3 is 0 Å². The van der Waals surface area contributed by atoms with Gasteiger partial charge in [-0.1, -0.05) is 12.1 Å². The number of aliphatic hydroxyl groups excluding tert-OH is 1. The van der Waals surface area contributed by atoms with Gasteiger partial charge in [0, 0.05) is 18.7 Å². The van der Waals surface area contributed by atoms with Crippen LogP contribution in [0.4, 0.5) is 5.69 Å². The summed E-state index contributed by atoms with van der Waals surface area (Å²) >= 11 is 0. The van der Waals surface area contributed by atoms with Gasteiger partial charge in [-0.2, -0.15) is 0 Å². The lowest BCUT2D eigenvalue weighted by molar-refractivity contribution is -0.385. The third kappa shape index (κ3) is 3.01. The number of hydrogen-bond donors (Lipinski definition) is 1. The zero-order chi connectivity index (χ0) is 19.7. The van der Waals surface area contributed by atoms with E-state index in [4.69, 9.17) is 4.74 Å². The molecule has 0 spiro atoms. The lowest BCUT2D eigenvalue weighted by Crippen LogP contribution is -2.25. The number of para-hydroxylation sites is 1. The number of aliphatic hydroxyl groups is 1. The summed E-state index contributed by atoms with van der Waals surface area (Å²) in [6, 6.07) is 11.0. The Labute approximate surface area is 154 Å². The molecule has 8 nitrogen and oxygen atoms in total. The Bertz CT molecular complexity index is 964. The molecule has 27 heavy (non-hydrogen) atoms. The van der Waals surface area contributed by atoms with Crippen LogP contribution in [-0.4, -0.2) is 40.8 Å². The molecular weight excluding hydrogens is 352 g/mol. The number of carbonyl (C=O) groups is 2. The lowest BCUT2D eigenvalue weighted by atomic mass is 9.94. The maximum atomic E-state index is 12.5. The Morgan fingerprint density at radius 1 is 1.15 bits per heavy atom. The molecule has 0 bridgehead atoms. The van der Waals surface area contributed by atoms with Crippen LogP contribution in [-0.2, 0) is 9.59 Å². The fraction of sp³-hybridized carbons (Fsp3) is 0.158. The van der Waals surface area contributed by atoms with Crippen molar-refractivity contribution in [2.24, 2.45) is 0 Å². The average molecular weight is 368 g/mol. The van der Waals surface area contributed by atoms with E-state index in [1.165, 1.54) is 44.5 Å². The van der Waals surface area contributed by atoms with Gasteiger partial charge < -0.3 is 14.7 Å². The summed E-state index contributed by atoms with van der Waals surface area (Å²) in [5.74, 6) is -1.58. The third-order valence-corrected chi connectivity index (χ3v) is 4.47. The van der Waals surface area contributed by atoms with Gasteiger partial charge in [-0.05, 0) is 30.3 Å². The number of nitro benzene ring substituents is 1. The summed E-state index contributed by atoms with van der Waals surface area (Å²) < 4.78 is 5.06. The van der Waals surface area contributed by atoms with Crippen LogP contribution in [0.25, 0.3) is 5.76 Å². The minimum absolute atomic E-state index is 0.152. The number of nitro groups is 1. The number of carbonyl (C=O) groups excluding carboxylic acids is 2. The Morgan fingerprint density at radius 2 is 1.78 bits per heavy atom. The van der Waals surface area contributed by atoms with Crippen LogP contribution in [0.5, 0.6) is 5.75 Å². The first-order valence-corrected chi connectivity index (χ1v) is 7.99. The Morgan fingerprint density at radius 3 is 2.37 bits per heavy atom. The zero-order valence-corrected chi connectivity index (χ0v) is 14.6. The van der Waals surface area contributed by atoms with Crippen LogP contribution < -0.4 is 4.74 Å². The van der Waals surface area contributed by atoms with Gasteiger partial charge in [-0.15, -0.1) is 0 Å². The highest BCUT2D eigenvalue weighted by Gasteiger charge is 2.46. The minimum Gasteiger partial charge on any atom is -0.507 e. The van der Waals surface area contributed by atoms with Gasteiger partial charge in [0.15, 0.2) is 0 Å². The number of methoxy groups -OCH3 is 1. The lowest BCUT2D eigenvalue weighted by Gasteiger charge is -2.20. The number of likely N-dealkylation sites (N-methyl/N-ethyl adjacent to an activating group) is 1. The highest BCUT2D eigenvalue weighted by Crippen LogP contribution is 2.41. The largest absolute Gasteiger partial charge is 0.507 e. The van der Waals surface area contributed by atoms with Crippen molar-refractivity contribution >= 4 is 23.1 Å². The summed E-state index contributed by atoms with van der Waals surface area (Å²) in [7, 11) is 2.86. The molecule has 0 saturated carbocycles. The first-order chi connectivity index (χ1) is 12.9. The molecule has 0 unspecified atom stereocenters. The summed E-state index contributed by atoms with van der Waals surface area (Å²) in [5, 5.41) is 22.1. The molecule has 2 aromatic rings. The highest BCUT2D eigenvalue weighted by atomic mass is 16.6. The second-order valence-electron chi connectivity index (χ2n) is 5.95. The summed E-state index contributed by atoms with van der Waals surface area (Å²) in [6.45, 7) is 0. The molecule has 138 valence electrons. The summed E-state index contributed by atoms with van der Waals surface area (Å²) in [6.07, 6.45) is 0. The summed E-state index contributed by atoms with van der Waals surface area (Å²) in [5.41, 5.74) is 0.0175. The van der Waals surface area contributed by atoms with Crippen molar-refractivity contribution < 1.29 is 24.4 Å². The van der Waals surface area contributed by atoms with E-state index in [0.717, 1.165) is 4.90 Å². The maximum Gasteiger partial charge on any atom is 0.295 e. The van der Waals surface area contributed by atoms with E-state index in [1.807, 2.05) is 0 Å². The molecule has 1 saturated heterocycles. The van der Waals surface area contributed by atoms with Gasteiger partial charge in [0.2, 0.25) is 0 Å². The number of Topliss-reactive ketones (excluding diaryl/α,β-unsaturated/α-hetero) is 1. The standard InChI is InChI=1S/C19H16N2O6/c1-20-16(13-5-3-4-6-14(13)21(25)26)15(18(23)19(20)24)17(22)11-7-9-12(27-2)10-8-11/h3-10,16,22H,1-2H3/b17-15+/t16-/m0/s1. The van der Waals surface area contributed by atoms with Crippen molar-refractivity contribution in [1.29, 1.82) is 0 Å². The molecule has 0 aliphatic carbocycles. The molecule has 8 heteroatoms. The van der Waals surface area contributed by atoms with E-state index in [1.54, 1.807) is 18.2 Å². The number of ether oxygens (including phenoxy) is 1. The van der Waals surface area contributed by atoms with E-state index in [2.05, 4.69) is 0 Å². The molecule has 1 atom stereocenters. The molecule has 1 heterocycles. The van der Waals surface area contributed by atoms with Crippen molar-refractivity contribution in [2.75, 3.05) is 14.2 Å². The van der Waals surface area contributed by atoms with E-state index in [9.17, 15) is 24.8 Å². The predicted octanol–water partition coefficient (Wildman–Crippen LogP) is 2.65. The zero-order valence-electron chi connectivity index (χ0n) is 14.6. The first-order valence-electron chi connectivity index (χ1n) is 7.99. The highest BCUT2D eigenvalue weighted by molar-refractivity contribution is 6.46. The van der Waals surface area contributed by atoms with E-state index < -0.39 is 28.4 Å². The van der Waals surface area contributed by atoms with E-state index in [0.29, 0.717) is 11.3 Å². The topological polar surface area (TPSA) is 110 Å². The molecular formula is C19H16N2O6. The monoisotopic (exact) mass is 368 g/mol. The second kappa shape index (κ2) is 6.91. The number of ketones is 1. The average Bonchev–Trinajstić information content (AvgIpc) is 2.91. The number of rotatable bonds is 4. The smallest absolute Gasteiger partial charge is 0.295 e. The van der Waals surface area contributed by atoms with Crippen LogP contribution in [0.1, 0.15) is 17.2 Å². The van der Waals surface area contributed by atoms with Crippen LogP contribution in [0.3, 0.4) is 0 Å². The van der Waals surface area contributed by atoms with Gasteiger partial charge in [0.1, 0.15) is 11.5 Å². The van der Waals surface area contributed by atoms with Crippen LogP contribution in [0.2, 0.25) is 0 Å². The van der Waals surface area contributed by atoms with Crippen LogP contribution in [0.15, 0.2) is 54.1 Å². The van der Waals surface area contributed by atoms with Gasteiger partial charge in [-0.25, -0.2) is 0 Å². The molecule has 3 rings (SSSR count). The third-order valence-electron chi connectivity index (χ3n) is 4.47. The van der Waals surface area contributed by atoms with Crippen LogP contribution >= 0.6 is 0 Å². The van der Waals surface area contributed by atoms with E-state index in [-0.39, 0.29) is 16.8 Å². The SMILES string of the molecule is COc1ccc(/C(O)=C2\C(=O)C(=O)N(C)[C@H]2c2ccccc2[N+](=O)[O-])cc1. The Kier molecular flexibility index (Phi) is 4.64. The number of benzene rings is 2. The van der Waals surface area contributed by atoms with Crippen molar-refractivity contribution in [3.63, 3.8) is 0 Å². The van der Waals surface area contributed by atoms with Crippen molar-refractivity contribution in [2.45, 2.75) is 6.04 Å². The normalized spacial score (nSPS) is 18.6. The quantitative estimate of drug-likeness (QED) is 0.292. The fourth-order valence-electron chi connectivity index (χ4n) is 3.10. The molecule has 0 radical (unpaired) electrons. The number of nitrogens with zero attached hydrogens (tertiary/aromatic N) is 2. The maximum absolute atomic E-state index is 12.5. The molecule has 1 fully saturated rings. The summed E-state index contributed by atoms with van der Waals surface area (Å²) in [4.78, 5) is 36.7. The minimum atomic E-state index is -1.06. The van der Waals surface area contributed by atoms with Crippen LogP contribution in [0, 0.1) is 10.1 Å². The second-order valence-corrected chi connectivity index (χ2v) is 5.95. The Balaban J connectivity index is 2.20. The molecule has 1 aliphatic rings. The number of likely N-dealkylation sites (tertiary alicyclic amines) is 1. The first kappa shape index (κ1) is 18.1. The van der Waals surface area contributed by atoms with Crippen molar-refractivity contribution in [1.82, 2.24) is 4.90 Å². The number of amides is 1. The molecule has 1 amide bonds. The Hall–Kier alpha value is -3.68. The molecule has 1 N–H and O–H groups in total. The van der Waals surface area contributed by atoms with Gasteiger partial charge in [-0.3, -0.25) is 19.7 Å². The molecule has 0 aromatic heterocycles. The molecule has 1 aliphatic heterocycles. The van der Waals surface area contributed by atoms with Gasteiger partial charge in [0.25, 0.3) is 17.4 Å². The van der Waals surface area contributed by atoms with Gasteiger partial charge in [0.05, 0.1) is 29.2 Å². The van der Waals surface area contributed by atoms with E-state index >= 15 is 0 Å². The van der Waals surface area contributed by atoms with Crippen molar-refractivity contribution in [3.05, 3.63) is 75.3 Å². The fourth-order valence-corrected chi connectivity index (χ4v) is 3.10. The molecule has 2 aromatic carbocycles. The van der Waals surface area contributed by atoms with Crippen molar-refractivity contribution in [3.8, 4) is 5.75 Å². The number of hydrogen-bond acceptors (Lipinski definition) is 6. The predicted molar refractivity (Wildman–Crippen MR) is 96.2 cm³/mol.